The molecule has 0 fully saturated rings. The largest absolute Gasteiger partial charge is 0.463 e. The maximum atomic E-state index is 14.2. The van der Waals surface area contributed by atoms with Crippen LogP contribution in [0.1, 0.15) is 24.1 Å². The maximum absolute atomic E-state index is 14.2. The number of allylic oxidation sites excluding steroid dienone is 1. The van der Waals surface area contributed by atoms with Crippen molar-refractivity contribution in [3.05, 3.63) is 88.5 Å². The third kappa shape index (κ3) is 4.62. The number of hydrogen-bond donors (Lipinski definition) is 0. The molecule has 0 aliphatic carbocycles. The number of alkyl halides is 3. The number of nitrogens with zero attached hydrogens (tertiary/aromatic N) is 2. The molecule has 5 rings (SSSR count). The molecule has 0 spiro atoms. The number of ether oxygens (including phenoxy) is 3. The summed E-state index contributed by atoms with van der Waals surface area (Å²) in [6, 6.07) is 7.41. The summed E-state index contributed by atoms with van der Waals surface area (Å²) in [7, 11) is 0. The zero-order valence-corrected chi connectivity index (χ0v) is 21.1. The molecule has 7 nitrogen and oxygen atoms in total. The van der Waals surface area contributed by atoms with Crippen molar-refractivity contribution in [2.45, 2.75) is 19.1 Å². The number of carbonyl (C=O) groups excluding carboxylic acids is 1. The molecule has 3 aromatic rings. The third-order valence-corrected chi connectivity index (χ3v) is 7.12. The van der Waals surface area contributed by atoms with Gasteiger partial charge in [0.25, 0.3) is 5.56 Å². The van der Waals surface area contributed by atoms with Gasteiger partial charge in [0.1, 0.15) is 0 Å². The molecule has 2 aromatic carbocycles. The summed E-state index contributed by atoms with van der Waals surface area (Å²) < 4.78 is 59.1. The van der Waals surface area contributed by atoms with Gasteiger partial charge >= 0.3 is 12.1 Å². The van der Waals surface area contributed by atoms with Gasteiger partial charge in [-0.1, -0.05) is 46.7 Å². The van der Waals surface area contributed by atoms with E-state index in [-0.39, 0.29) is 33.3 Å². The van der Waals surface area contributed by atoms with Crippen LogP contribution in [0.25, 0.3) is 6.08 Å². The van der Waals surface area contributed by atoms with Crippen LogP contribution < -0.4 is 24.4 Å². The monoisotopic (exact) mass is 570 g/mol. The van der Waals surface area contributed by atoms with Crippen molar-refractivity contribution in [1.82, 2.24) is 4.57 Å². The zero-order valence-electron chi connectivity index (χ0n) is 18.8. The Hall–Kier alpha value is -3.28. The van der Waals surface area contributed by atoms with Crippen LogP contribution in [0.4, 0.5) is 13.2 Å². The summed E-state index contributed by atoms with van der Waals surface area (Å²) in [6.45, 7) is 1.30. The van der Waals surface area contributed by atoms with Crippen molar-refractivity contribution in [3.8, 4) is 11.5 Å². The Morgan fingerprint density at radius 1 is 1.22 bits per heavy atom. The highest BCUT2D eigenvalue weighted by atomic mass is 35.5. The van der Waals surface area contributed by atoms with Crippen molar-refractivity contribution in [3.63, 3.8) is 0 Å². The highest BCUT2D eigenvalue weighted by molar-refractivity contribution is 7.07. The Morgan fingerprint density at radius 3 is 2.54 bits per heavy atom. The Bertz CT molecular complexity index is 1630. The summed E-state index contributed by atoms with van der Waals surface area (Å²) in [5.41, 5.74) is -2.28. The second-order valence-electron chi connectivity index (χ2n) is 7.84. The normalized spacial score (nSPS) is 17.0. The minimum Gasteiger partial charge on any atom is -0.463 e. The van der Waals surface area contributed by atoms with Crippen molar-refractivity contribution < 1.29 is 32.2 Å². The van der Waals surface area contributed by atoms with Crippen LogP contribution in [0.2, 0.25) is 10.0 Å². The molecule has 2 aliphatic heterocycles. The van der Waals surface area contributed by atoms with E-state index in [2.05, 4.69) is 4.99 Å². The third-order valence-electron chi connectivity index (χ3n) is 5.56. The van der Waals surface area contributed by atoms with Crippen molar-refractivity contribution >= 4 is 46.6 Å². The first-order valence-corrected chi connectivity index (χ1v) is 12.3. The van der Waals surface area contributed by atoms with Crippen molar-refractivity contribution in [1.29, 1.82) is 0 Å². The molecule has 0 saturated heterocycles. The van der Waals surface area contributed by atoms with Crippen LogP contribution in [-0.4, -0.2) is 30.1 Å². The molecule has 3 heterocycles. The van der Waals surface area contributed by atoms with E-state index in [1.54, 1.807) is 6.07 Å². The molecule has 0 saturated carbocycles. The SMILES string of the molecule is CCOC(=O)C1=C(C(F)(F)F)N=c2s/c(=C\c3cc4c(cc3Cl)OCO4)c(=O)n2[C@H]1c1ccc(Cl)cc1. The first kappa shape index (κ1) is 25.4. The van der Waals surface area contributed by atoms with E-state index in [1.807, 2.05) is 0 Å². The molecular weight excluding hydrogens is 556 g/mol. The number of hydrogen-bond acceptors (Lipinski definition) is 7. The van der Waals surface area contributed by atoms with E-state index in [4.69, 9.17) is 37.4 Å². The standard InChI is InChI=1S/C24H15Cl2F3N2O5S/c1-2-34-22(33)18-19(11-3-5-13(25)6-4-11)31-21(32)17(37-23(31)30-20(18)24(27,28)29)8-12-7-15-16(9-14(12)26)36-10-35-15/h3-9,19H,2,10H2,1H3/b17-8-/t19-/m0/s1. The molecule has 192 valence electrons. The second-order valence-corrected chi connectivity index (χ2v) is 9.69. The van der Waals surface area contributed by atoms with Crippen molar-refractivity contribution in [2.75, 3.05) is 13.4 Å². The minimum absolute atomic E-state index is 0.00918. The Labute approximate surface area is 220 Å². The Kier molecular flexibility index (Phi) is 6.55. The summed E-state index contributed by atoms with van der Waals surface area (Å²) in [6.07, 6.45) is -3.57. The molecule has 0 amide bonds. The van der Waals surface area contributed by atoms with Gasteiger partial charge in [-0.05, 0) is 42.3 Å². The maximum Gasteiger partial charge on any atom is 0.434 e. The van der Waals surface area contributed by atoms with E-state index in [9.17, 15) is 22.8 Å². The fourth-order valence-corrected chi connectivity index (χ4v) is 5.31. The molecule has 13 heteroatoms. The van der Waals surface area contributed by atoms with Gasteiger partial charge in [-0.15, -0.1) is 0 Å². The predicted molar refractivity (Wildman–Crippen MR) is 130 cm³/mol. The van der Waals surface area contributed by atoms with Crippen molar-refractivity contribution in [2.24, 2.45) is 4.99 Å². The number of esters is 1. The lowest BCUT2D eigenvalue weighted by Gasteiger charge is -2.26. The van der Waals surface area contributed by atoms with E-state index < -0.39 is 35.0 Å². The molecule has 0 bridgehead atoms. The number of thiazole rings is 1. The van der Waals surface area contributed by atoms with Gasteiger partial charge in [0.2, 0.25) is 6.79 Å². The number of carbonyl (C=O) groups is 1. The molecule has 0 unspecified atom stereocenters. The number of benzene rings is 2. The number of fused-ring (bicyclic) bond motifs is 2. The van der Waals surface area contributed by atoms with Gasteiger partial charge in [0, 0.05) is 11.1 Å². The first-order chi connectivity index (χ1) is 17.6. The fourth-order valence-electron chi connectivity index (χ4n) is 3.99. The lowest BCUT2D eigenvalue weighted by atomic mass is 9.95. The van der Waals surface area contributed by atoms with E-state index >= 15 is 0 Å². The van der Waals surface area contributed by atoms with Crippen LogP contribution in [0.5, 0.6) is 11.5 Å². The molecule has 1 aromatic heterocycles. The van der Waals surface area contributed by atoms with Crippen LogP contribution >= 0.6 is 34.5 Å². The predicted octanol–water partition coefficient (Wildman–Crippen LogP) is 4.38. The number of rotatable bonds is 4. The Morgan fingerprint density at radius 2 is 1.89 bits per heavy atom. The smallest absolute Gasteiger partial charge is 0.434 e. The molecule has 2 aliphatic rings. The van der Waals surface area contributed by atoms with E-state index in [1.165, 1.54) is 43.3 Å². The zero-order chi connectivity index (χ0) is 26.5. The topological polar surface area (TPSA) is 79.1 Å². The van der Waals surface area contributed by atoms with Gasteiger partial charge in [-0.25, -0.2) is 9.79 Å². The summed E-state index contributed by atoms with van der Waals surface area (Å²) in [5.74, 6) is -0.390. The van der Waals surface area contributed by atoms with Gasteiger partial charge in [-0.2, -0.15) is 13.2 Å². The number of halogens is 5. The van der Waals surface area contributed by atoms with Gasteiger partial charge in [0.05, 0.1) is 27.8 Å². The molecule has 0 N–H and O–H groups in total. The molecule has 37 heavy (non-hydrogen) atoms. The van der Waals surface area contributed by atoms with Gasteiger partial charge in [0.15, 0.2) is 22.0 Å². The Balaban J connectivity index is 1.78. The number of aromatic nitrogens is 1. The highest BCUT2D eigenvalue weighted by Crippen LogP contribution is 2.39. The summed E-state index contributed by atoms with van der Waals surface area (Å²) in [5, 5.41) is 0.568. The second kappa shape index (κ2) is 9.55. The van der Waals surface area contributed by atoms with Crippen LogP contribution in [-0.2, 0) is 9.53 Å². The summed E-state index contributed by atoms with van der Waals surface area (Å²) in [4.78, 5) is 29.9. The highest BCUT2D eigenvalue weighted by Gasteiger charge is 2.45. The molecule has 1 atom stereocenters. The van der Waals surface area contributed by atoms with Crippen LogP contribution in [0.15, 0.2) is 57.5 Å². The van der Waals surface area contributed by atoms with Gasteiger partial charge in [-0.3, -0.25) is 9.36 Å². The minimum atomic E-state index is -5.00. The van der Waals surface area contributed by atoms with Crippen LogP contribution in [0, 0.1) is 0 Å². The fraction of sp³-hybridized carbons (Fsp3) is 0.208. The first-order valence-electron chi connectivity index (χ1n) is 10.7. The van der Waals surface area contributed by atoms with Crippen LogP contribution in [0.3, 0.4) is 0 Å². The van der Waals surface area contributed by atoms with E-state index in [0.29, 0.717) is 22.1 Å². The molecule has 0 radical (unpaired) electrons. The lowest BCUT2D eigenvalue weighted by Crippen LogP contribution is -2.41. The lowest BCUT2D eigenvalue weighted by molar-refractivity contribution is -0.140. The summed E-state index contributed by atoms with van der Waals surface area (Å²) >= 11 is 13.0. The average Bonchev–Trinajstić information content (AvgIpc) is 3.42. The van der Waals surface area contributed by atoms with E-state index in [0.717, 1.165) is 15.9 Å². The molecular formula is C24H15Cl2F3N2O5S. The average molecular weight is 571 g/mol. The van der Waals surface area contributed by atoms with Gasteiger partial charge < -0.3 is 14.2 Å². The quantitative estimate of drug-likeness (QED) is 0.435.